The predicted molar refractivity (Wildman–Crippen MR) is 74.2 cm³/mol. The lowest BCUT2D eigenvalue weighted by Gasteiger charge is -2.22. The smallest absolute Gasteiger partial charge is 0.307 e. The second kappa shape index (κ2) is 8.11. The summed E-state index contributed by atoms with van der Waals surface area (Å²) < 4.78 is 9.46. The molecule has 0 aliphatic rings. The molecule has 0 radical (unpaired) electrons. The maximum absolute atomic E-state index is 12.4. The number of amides is 1. The first kappa shape index (κ1) is 16.8. The van der Waals surface area contributed by atoms with Gasteiger partial charge in [-0.1, -0.05) is 6.07 Å². The topological polar surface area (TPSA) is 96.3 Å². The number of rotatable bonds is 7. The van der Waals surface area contributed by atoms with Crippen molar-refractivity contribution in [3.63, 3.8) is 0 Å². The predicted octanol–water partition coefficient (Wildman–Crippen LogP) is 0.749. The van der Waals surface area contributed by atoms with Crippen LogP contribution < -0.4 is 0 Å². The molecular formula is C14H19NO6. The van der Waals surface area contributed by atoms with Crippen molar-refractivity contribution in [1.29, 1.82) is 0 Å². The van der Waals surface area contributed by atoms with Crippen molar-refractivity contribution in [3.05, 3.63) is 23.8 Å². The summed E-state index contributed by atoms with van der Waals surface area (Å²) >= 11 is 0. The molecular weight excluding hydrogens is 278 g/mol. The third-order valence-corrected chi connectivity index (χ3v) is 2.91. The monoisotopic (exact) mass is 297 g/mol. The summed E-state index contributed by atoms with van der Waals surface area (Å²) in [6, 6.07) is 4.13. The van der Waals surface area contributed by atoms with E-state index in [1.165, 1.54) is 37.3 Å². The number of esters is 1. The van der Waals surface area contributed by atoms with Gasteiger partial charge in [0.25, 0.3) is 5.91 Å². The molecule has 0 saturated heterocycles. The van der Waals surface area contributed by atoms with E-state index in [1.807, 2.05) is 0 Å². The normalized spacial score (nSPS) is 10.2. The van der Waals surface area contributed by atoms with Crippen LogP contribution >= 0.6 is 0 Å². The van der Waals surface area contributed by atoms with Crippen LogP contribution in [0.15, 0.2) is 18.2 Å². The van der Waals surface area contributed by atoms with E-state index in [0.29, 0.717) is 0 Å². The lowest BCUT2D eigenvalue weighted by Crippen LogP contribution is -2.35. The number of aromatic hydroxyl groups is 2. The number of carbonyl (C=O) groups excluding carboxylic acids is 2. The number of hydrogen-bond acceptors (Lipinski definition) is 6. The molecule has 0 unspecified atom stereocenters. The number of phenols is 2. The van der Waals surface area contributed by atoms with Crippen LogP contribution in [0, 0.1) is 0 Å². The first-order chi connectivity index (χ1) is 10.0. The largest absolute Gasteiger partial charge is 0.504 e. The highest BCUT2D eigenvalue weighted by Gasteiger charge is 2.21. The number of methoxy groups -OCH3 is 2. The van der Waals surface area contributed by atoms with Crippen molar-refractivity contribution in [3.8, 4) is 11.5 Å². The Morgan fingerprint density at radius 2 is 1.90 bits per heavy atom. The zero-order valence-corrected chi connectivity index (χ0v) is 12.0. The van der Waals surface area contributed by atoms with Gasteiger partial charge in [0.1, 0.15) is 0 Å². The van der Waals surface area contributed by atoms with Gasteiger partial charge in [0.05, 0.1) is 25.7 Å². The highest BCUT2D eigenvalue weighted by Crippen LogP contribution is 2.29. The van der Waals surface area contributed by atoms with Gasteiger partial charge in [0.15, 0.2) is 11.5 Å². The van der Waals surface area contributed by atoms with Crippen molar-refractivity contribution in [1.82, 2.24) is 4.90 Å². The van der Waals surface area contributed by atoms with E-state index in [-0.39, 0.29) is 37.4 Å². The molecule has 0 spiro atoms. The Bertz CT molecular complexity index is 502. The van der Waals surface area contributed by atoms with Crippen LogP contribution in [0.2, 0.25) is 0 Å². The van der Waals surface area contributed by atoms with Gasteiger partial charge >= 0.3 is 5.97 Å². The van der Waals surface area contributed by atoms with Gasteiger partial charge in [0, 0.05) is 20.2 Å². The highest BCUT2D eigenvalue weighted by atomic mass is 16.5. The average Bonchev–Trinajstić information content (AvgIpc) is 2.49. The Kier molecular flexibility index (Phi) is 6.48. The number of para-hydroxylation sites is 1. The summed E-state index contributed by atoms with van der Waals surface area (Å²) in [6.45, 7) is 0.665. The molecule has 0 atom stereocenters. The number of ether oxygens (including phenoxy) is 2. The summed E-state index contributed by atoms with van der Waals surface area (Å²) in [7, 11) is 2.76. The summed E-state index contributed by atoms with van der Waals surface area (Å²) in [4.78, 5) is 24.9. The van der Waals surface area contributed by atoms with Gasteiger partial charge in [-0.05, 0) is 12.1 Å². The third kappa shape index (κ3) is 4.64. The minimum atomic E-state index is -0.496. The molecule has 0 aliphatic carbocycles. The summed E-state index contributed by atoms with van der Waals surface area (Å²) in [5, 5.41) is 19.2. The van der Waals surface area contributed by atoms with Gasteiger partial charge in [-0.25, -0.2) is 0 Å². The standard InChI is InChI=1S/C14H19NO6/c1-20-9-8-15(7-6-12(17)21-2)14(19)10-4-3-5-11(16)13(10)18/h3-5,16,18H,6-9H2,1-2H3. The van der Waals surface area contributed by atoms with Crippen molar-refractivity contribution < 1.29 is 29.3 Å². The van der Waals surface area contributed by atoms with E-state index in [0.717, 1.165) is 0 Å². The molecule has 21 heavy (non-hydrogen) atoms. The fourth-order valence-corrected chi connectivity index (χ4v) is 1.72. The summed E-state index contributed by atoms with van der Waals surface area (Å²) in [6.07, 6.45) is 0.0333. The number of benzene rings is 1. The van der Waals surface area contributed by atoms with Crippen molar-refractivity contribution in [2.75, 3.05) is 33.9 Å². The first-order valence-electron chi connectivity index (χ1n) is 6.37. The molecule has 1 rings (SSSR count). The summed E-state index contributed by atoms with van der Waals surface area (Å²) in [5.41, 5.74) is -0.0315. The second-order valence-corrected chi connectivity index (χ2v) is 4.28. The Balaban J connectivity index is 2.88. The van der Waals surface area contributed by atoms with Gasteiger partial charge in [-0.15, -0.1) is 0 Å². The molecule has 1 amide bonds. The Morgan fingerprint density at radius 1 is 1.19 bits per heavy atom. The minimum Gasteiger partial charge on any atom is -0.504 e. The number of phenolic OH excluding ortho intramolecular Hbond substituents is 2. The second-order valence-electron chi connectivity index (χ2n) is 4.28. The van der Waals surface area contributed by atoms with E-state index in [9.17, 15) is 19.8 Å². The maximum atomic E-state index is 12.4. The number of hydrogen-bond donors (Lipinski definition) is 2. The Morgan fingerprint density at radius 3 is 2.52 bits per heavy atom. The van der Waals surface area contributed by atoms with Crippen LogP contribution in [0.3, 0.4) is 0 Å². The van der Waals surface area contributed by atoms with Crippen molar-refractivity contribution in [2.24, 2.45) is 0 Å². The minimum absolute atomic E-state index is 0.0315. The molecule has 0 saturated carbocycles. The van der Waals surface area contributed by atoms with Crippen LogP contribution in [0.1, 0.15) is 16.8 Å². The van der Waals surface area contributed by atoms with Crippen molar-refractivity contribution >= 4 is 11.9 Å². The fourth-order valence-electron chi connectivity index (χ4n) is 1.72. The third-order valence-electron chi connectivity index (χ3n) is 2.91. The quantitative estimate of drug-likeness (QED) is 0.569. The maximum Gasteiger partial charge on any atom is 0.307 e. The zero-order valence-electron chi connectivity index (χ0n) is 12.0. The highest BCUT2D eigenvalue weighted by molar-refractivity contribution is 5.97. The zero-order chi connectivity index (χ0) is 15.8. The number of carbonyl (C=O) groups is 2. The summed E-state index contributed by atoms with van der Waals surface area (Å²) in [5.74, 6) is -1.79. The molecule has 7 heteroatoms. The molecule has 2 N–H and O–H groups in total. The van der Waals surface area contributed by atoms with Gasteiger partial charge in [-0.3, -0.25) is 9.59 Å². The van der Waals surface area contributed by atoms with Crippen LogP contribution in [-0.4, -0.2) is 60.9 Å². The molecule has 116 valence electrons. The lowest BCUT2D eigenvalue weighted by molar-refractivity contribution is -0.140. The average molecular weight is 297 g/mol. The van der Waals surface area contributed by atoms with E-state index in [2.05, 4.69) is 4.74 Å². The molecule has 0 aliphatic heterocycles. The lowest BCUT2D eigenvalue weighted by atomic mass is 10.1. The Hall–Kier alpha value is -2.28. The van der Waals surface area contributed by atoms with Crippen LogP contribution in [0.4, 0.5) is 0 Å². The van der Waals surface area contributed by atoms with Gasteiger partial charge in [-0.2, -0.15) is 0 Å². The molecule has 7 nitrogen and oxygen atoms in total. The molecule has 0 fully saturated rings. The molecule has 1 aromatic carbocycles. The van der Waals surface area contributed by atoms with E-state index in [4.69, 9.17) is 4.74 Å². The molecule has 0 bridgehead atoms. The molecule has 1 aromatic rings. The van der Waals surface area contributed by atoms with Crippen LogP contribution in [0.5, 0.6) is 11.5 Å². The van der Waals surface area contributed by atoms with E-state index >= 15 is 0 Å². The van der Waals surface area contributed by atoms with Crippen LogP contribution in [-0.2, 0) is 14.3 Å². The van der Waals surface area contributed by atoms with Gasteiger partial charge in [0.2, 0.25) is 0 Å². The van der Waals surface area contributed by atoms with Gasteiger partial charge < -0.3 is 24.6 Å². The number of nitrogens with zero attached hydrogens (tertiary/aromatic N) is 1. The molecule has 0 aromatic heterocycles. The molecule has 0 heterocycles. The fraction of sp³-hybridized carbons (Fsp3) is 0.429. The first-order valence-corrected chi connectivity index (χ1v) is 6.37. The van der Waals surface area contributed by atoms with E-state index < -0.39 is 17.6 Å². The van der Waals surface area contributed by atoms with Crippen LogP contribution in [0.25, 0.3) is 0 Å². The Labute approximate surface area is 122 Å². The van der Waals surface area contributed by atoms with Crippen molar-refractivity contribution in [2.45, 2.75) is 6.42 Å². The van der Waals surface area contributed by atoms with E-state index in [1.54, 1.807) is 0 Å². The SMILES string of the molecule is COCCN(CCC(=O)OC)C(=O)c1cccc(O)c1O.